The van der Waals surface area contributed by atoms with E-state index < -0.39 is 0 Å². The number of nitrogens with zero attached hydrogens (tertiary/aromatic N) is 2. The van der Waals surface area contributed by atoms with Gasteiger partial charge < -0.3 is 0 Å². The Balaban J connectivity index is 1.72. The van der Waals surface area contributed by atoms with Gasteiger partial charge in [-0.3, -0.25) is 14.5 Å². The standard InChI is InChI=1S/C21H20N2O2S/c1-15-19(18(24)14-13-16-9-5-3-6-10-16)26-21(22-15)23(2)20(25)17-11-7-4-8-12-17/h3-12H,13-14H2,1-2H3. The molecule has 3 aromatic rings. The quantitative estimate of drug-likeness (QED) is 0.603. The number of hydrogen-bond acceptors (Lipinski definition) is 4. The highest BCUT2D eigenvalue weighted by Crippen LogP contribution is 2.27. The highest BCUT2D eigenvalue weighted by molar-refractivity contribution is 7.17. The fourth-order valence-electron chi connectivity index (χ4n) is 2.66. The van der Waals surface area contributed by atoms with Gasteiger partial charge in [-0.25, -0.2) is 4.98 Å². The van der Waals surface area contributed by atoms with E-state index in [9.17, 15) is 9.59 Å². The Kier molecular flexibility index (Phi) is 5.58. The normalized spacial score (nSPS) is 10.5. The van der Waals surface area contributed by atoms with Crippen molar-refractivity contribution in [2.75, 3.05) is 11.9 Å². The lowest BCUT2D eigenvalue weighted by molar-refractivity contribution is 0.0980. The molecule has 26 heavy (non-hydrogen) atoms. The van der Waals surface area contributed by atoms with E-state index in [1.807, 2.05) is 55.5 Å². The van der Waals surface area contributed by atoms with Gasteiger partial charge in [0.15, 0.2) is 10.9 Å². The zero-order chi connectivity index (χ0) is 18.5. The predicted molar refractivity (Wildman–Crippen MR) is 105 cm³/mol. The number of aromatic nitrogens is 1. The third-order valence-corrected chi connectivity index (χ3v) is 5.41. The minimum absolute atomic E-state index is 0.0654. The molecule has 0 unspecified atom stereocenters. The Morgan fingerprint density at radius 2 is 1.62 bits per heavy atom. The molecule has 0 saturated heterocycles. The average Bonchev–Trinajstić information content (AvgIpc) is 3.08. The molecule has 2 aromatic carbocycles. The molecule has 0 aliphatic rings. The van der Waals surface area contributed by atoms with Gasteiger partial charge in [0.05, 0.1) is 10.6 Å². The molecule has 1 amide bonds. The Bertz CT molecular complexity index is 904. The van der Waals surface area contributed by atoms with E-state index in [1.165, 1.54) is 16.2 Å². The monoisotopic (exact) mass is 364 g/mol. The second-order valence-corrected chi connectivity index (χ2v) is 7.03. The third-order valence-electron chi connectivity index (χ3n) is 4.13. The van der Waals surface area contributed by atoms with Crippen LogP contribution in [-0.2, 0) is 6.42 Å². The van der Waals surface area contributed by atoms with Crippen LogP contribution in [-0.4, -0.2) is 23.7 Å². The number of benzene rings is 2. The van der Waals surface area contributed by atoms with Crippen molar-refractivity contribution >= 4 is 28.2 Å². The molecule has 0 N–H and O–H groups in total. The number of anilines is 1. The van der Waals surface area contributed by atoms with Crippen molar-refractivity contribution in [3.63, 3.8) is 0 Å². The summed E-state index contributed by atoms with van der Waals surface area (Å²) in [4.78, 5) is 31.7. The highest BCUT2D eigenvalue weighted by atomic mass is 32.1. The molecule has 0 saturated carbocycles. The SMILES string of the molecule is Cc1nc(N(C)C(=O)c2ccccc2)sc1C(=O)CCc1ccccc1. The molecule has 0 bridgehead atoms. The number of carbonyl (C=O) groups excluding carboxylic acids is 2. The van der Waals surface area contributed by atoms with E-state index in [-0.39, 0.29) is 11.7 Å². The van der Waals surface area contributed by atoms with Gasteiger partial charge in [0.25, 0.3) is 5.91 Å². The second-order valence-electron chi connectivity index (χ2n) is 6.05. The first-order valence-electron chi connectivity index (χ1n) is 8.44. The molecule has 0 spiro atoms. The lowest BCUT2D eigenvalue weighted by Crippen LogP contribution is -2.25. The maximum Gasteiger partial charge on any atom is 0.259 e. The Morgan fingerprint density at radius 1 is 1.00 bits per heavy atom. The summed E-state index contributed by atoms with van der Waals surface area (Å²) < 4.78 is 0. The van der Waals surface area contributed by atoms with Crippen molar-refractivity contribution in [3.8, 4) is 0 Å². The van der Waals surface area contributed by atoms with Crippen molar-refractivity contribution in [1.29, 1.82) is 0 Å². The van der Waals surface area contributed by atoms with Gasteiger partial charge in [-0.1, -0.05) is 59.9 Å². The number of thiazole rings is 1. The van der Waals surface area contributed by atoms with E-state index >= 15 is 0 Å². The van der Waals surface area contributed by atoms with Crippen molar-refractivity contribution < 1.29 is 9.59 Å². The van der Waals surface area contributed by atoms with Crippen LogP contribution < -0.4 is 4.90 Å². The number of rotatable bonds is 6. The minimum Gasteiger partial charge on any atom is -0.293 e. The van der Waals surface area contributed by atoms with Gasteiger partial charge in [0.2, 0.25) is 0 Å². The second kappa shape index (κ2) is 8.06. The average molecular weight is 364 g/mol. The van der Waals surface area contributed by atoms with Crippen molar-refractivity contribution in [3.05, 3.63) is 82.4 Å². The number of hydrogen-bond donors (Lipinski definition) is 0. The van der Waals surface area contributed by atoms with E-state index in [4.69, 9.17) is 0 Å². The molecule has 132 valence electrons. The first-order chi connectivity index (χ1) is 12.6. The maximum atomic E-state index is 12.6. The summed E-state index contributed by atoms with van der Waals surface area (Å²) in [7, 11) is 1.69. The van der Waals surface area contributed by atoms with E-state index in [1.54, 1.807) is 19.2 Å². The van der Waals surface area contributed by atoms with Crippen LogP contribution in [0.5, 0.6) is 0 Å². The molecule has 0 fully saturated rings. The van der Waals surface area contributed by atoms with Crippen molar-refractivity contribution in [2.24, 2.45) is 0 Å². The van der Waals surface area contributed by atoms with Gasteiger partial charge in [-0.2, -0.15) is 0 Å². The molecule has 0 atom stereocenters. The van der Waals surface area contributed by atoms with Crippen LogP contribution in [0.4, 0.5) is 5.13 Å². The summed E-state index contributed by atoms with van der Waals surface area (Å²) in [6.07, 6.45) is 1.13. The summed E-state index contributed by atoms with van der Waals surface area (Å²) in [5.41, 5.74) is 2.41. The molecule has 1 heterocycles. The van der Waals surface area contributed by atoms with Crippen molar-refractivity contribution in [2.45, 2.75) is 19.8 Å². The first kappa shape index (κ1) is 18.0. The summed E-state index contributed by atoms with van der Waals surface area (Å²) in [6, 6.07) is 19.0. The predicted octanol–water partition coefficient (Wildman–Crippen LogP) is 4.54. The lowest BCUT2D eigenvalue weighted by Gasteiger charge is -2.13. The fraction of sp³-hybridized carbons (Fsp3) is 0.190. The van der Waals surface area contributed by atoms with Crippen LogP contribution in [0.1, 0.15) is 37.7 Å². The topological polar surface area (TPSA) is 50.3 Å². The van der Waals surface area contributed by atoms with Crippen LogP contribution in [0.3, 0.4) is 0 Å². The summed E-state index contributed by atoms with van der Waals surface area (Å²) >= 11 is 1.28. The molecule has 3 rings (SSSR count). The van der Waals surface area contributed by atoms with E-state index in [0.717, 1.165) is 5.56 Å². The Labute approximate surface area is 157 Å². The maximum absolute atomic E-state index is 12.6. The van der Waals surface area contributed by atoms with Crippen molar-refractivity contribution in [1.82, 2.24) is 4.98 Å². The summed E-state index contributed by atoms with van der Waals surface area (Å²) in [5, 5.41) is 0.541. The smallest absolute Gasteiger partial charge is 0.259 e. The molecular weight excluding hydrogens is 344 g/mol. The van der Waals surface area contributed by atoms with Gasteiger partial charge in [0, 0.05) is 19.0 Å². The molecule has 1 aromatic heterocycles. The number of aryl methyl sites for hydroxylation is 2. The van der Waals surface area contributed by atoms with Crippen LogP contribution in [0.15, 0.2) is 60.7 Å². The zero-order valence-electron chi connectivity index (χ0n) is 14.8. The number of amides is 1. The Hall–Kier alpha value is -2.79. The lowest BCUT2D eigenvalue weighted by atomic mass is 10.1. The zero-order valence-corrected chi connectivity index (χ0v) is 15.6. The fourth-order valence-corrected chi connectivity index (χ4v) is 3.66. The molecule has 5 heteroatoms. The molecule has 0 aliphatic heterocycles. The molecule has 0 aliphatic carbocycles. The van der Waals surface area contributed by atoms with Gasteiger partial charge in [-0.05, 0) is 31.0 Å². The number of ketones is 1. The van der Waals surface area contributed by atoms with Gasteiger partial charge in [-0.15, -0.1) is 0 Å². The van der Waals surface area contributed by atoms with E-state index in [2.05, 4.69) is 4.98 Å². The largest absolute Gasteiger partial charge is 0.293 e. The minimum atomic E-state index is -0.136. The molecule has 4 nitrogen and oxygen atoms in total. The van der Waals surface area contributed by atoms with Crippen LogP contribution >= 0.6 is 11.3 Å². The van der Waals surface area contributed by atoms with Gasteiger partial charge >= 0.3 is 0 Å². The number of Topliss-reactive ketones (excluding diaryl/α,β-unsaturated/α-hetero) is 1. The highest BCUT2D eigenvalue weighted by Gasteiger charge is 2.21. The third kappa shape index (κ3) is 4.06. The van der Waals surface area contributed by atoms with E-state index in [0.29, 0.717) is 34.1 Å². The summed E-state index contributed by atoms with van der Waals surface area (Å²) in [5.74, 6) is -0.0710. The van der Waals surface area contributed by atoms with Gasteiger partial charge in [0.1, 0.15) is 0 Å². The number of carbonyl (C=O) groups is 2. The molecular formula is C21H20N2O2S. The van der Waals surface area contributed by atoms with Crippen LogP contribution in [0.2, 0.25) is 0 Å². The van der Waals surface area contributed by atoms with Crippen LogP contribution in [0.25, 0.3) is 0 Å². The van der Waals surface area contributed by atoms with Crippen LogP contribution in [0, 0.1) is 6.92 Å². The molecule has 0 radical (unpaired) electrons. The Morgan fingerprint density at radius 3 is 2.27 bits per heavy atom. The first-order valence-corrected chi connectivity index (χ1v) is 9.25. The summed E-state index contributed by atoms with van der Waals surface area (Å²) in [6.45, 7) is 1.82.